The maximum Gasteiger partial charge on any atom is 0.261 e. The maximum absolute atomic E-state index is 12.4. The Labute approximate surface area is 125 Å². The van der Waals surface area contributed by atoms with Gasteiger partial charge in [-0.05, 0) is 38.2 Å². The van der Waals surface area contributed by atoms with Gasteiger partial charge in [-0.15, -0.1) is 0 Å². The molecule has 21 heavy (non-hydrogen) atoms. The highest BCUT2D eigenvalue weighted by Crippen LogP contribution is 2.16. The molecule has 0 saturated heterocycles. The first-order valence-electron chi connectivity index (χ1n) is 7.54. The minimum absolute atomic E-state index is 0.139. The molecule has 0 radical (unpaired) electrons. The lowest BCUT2D eigenvalue weighted by atomic mass is 9.94. The molecule has 0 fully saturated rings. The largest absolute Gasteiger partial charge is 0.364 e. The number of hydrogen-bond acceptors (Lipinski definition) is 2. The van der Waals surface area contributed by atoms with E-state index in [0.717, 1.165) is 49.8 Å². The molecule has 0 atom stereocenters. The van der Waals surface area contributed by atoms with Crippen molar-refractivity contribution < 1.29 is 4.79 Å². The fraction of sp³-hybridized carbons (Fsp3) is 0.412. The van der Waals surface area contributed by atoms with E-state index in [-0.39, 0.29) is 16.9 Å². The number of H-pyrrole nitrogens is 1. The van der Waals surface area contributed by atoms with E-state index < -0.39 is 0 Å². The first kappa shape index (κ1) is 15.3. The molecule has 2 rings (SSSR count). The van der Waals surface area contributed by atoms with Crippen LogP contribution in [0.1, 0.15) is 54.2 Å². The zero-order valence-electron chi connectivity index (χ0n) is 12.5. The van der Waals surface area contributed by atoms with Crippen LogP contribution in [0.5, 0.6) is 0 Å². The number of pyridine rings is 1. The van der Waals surface area contributed by atoms with Crippen molar-refractivity contribution in [2.24, 2.45) is 0 Å². The van der Waals surface area contributed by atoms with E-state index in [0.29, 0.717) is 5.70 Å². The molecule has 1 heterocycles. The monoisotopic (exact) mass is 286 g/mol. The number of aromatic nitrogens is 1. The van der Waals surface area contributed by atoms with Crippen molar-refractivity contribution in [3.63, 3.8) is 0 Å². The Morgan fingerprint density at radius 2 is 2.19 bits per heavy atom. The Hall–Kier alpha value is -2.10. The van der Waals surface area contributed by atoms with Gasteiger partial charge in [-0.2, -0.15) is 0 Å². The lowest BCUT2D eigenvalue weighted by Gasteiger charge is -2.15. The molecule has 0 bridgehead atoms. The number of carbonyl (C=O) groups is 1. The summed E-state index contributed by atoms with van der Waals surface area (Å²) in [6.07, 6.45) is 10.6. The van der Waals surface area contributed by atoms with Crippen LogP contribution >= 0.6 is 0 Å². The van der Waals surface area contributed by atoms with Crippen LogP contribution in [-0.2, 0) is 12.8 Å². The van der Waals surface area contributed by atoms with Gasteiger partial charge in [0.1, 0.15) is 5.56 Å². The van der Waals surface area contributed by atoms with Crippen LogP contribution in [0.2, 0.25) is 0 Å². The summed E-state index contributed by atoms with van der Waals surface area (Å²) in [5.74, 6) is -0.369. The van der Waals surface area contributed by atoms with E-state index in [9.17, 15) is 9.59 Å². The summed E-state index contributed by atoms with van der Waals surface area (Å²) >= 11 is 0. The molecule has 4 nitrogen and oxygen atoms in total. The summed E-state index contributed by atoms with van der Waals surface area (Å²) in [4.78, 5) is 27.8. The van der Waals surface area contributed by atoms with Crippen LogP contribution in [-0.4, -0.2) is 10.9 Å². The summed E-state index contributed by atoms with van der Waals surface area (Å²) in [7, 11) is 0. The SMILES string of the molecule is C=C/C(=C\CCC)NC(=O)c1c[nH]c2c(c1=O)CCCC2. The van der Waals surface area contributed by atoms with Crippen molar-refractivity contribution in [3.8, 4) is 0 Å². The third-order valence-electron chi connectivity index (χ3n) is 3.75. The molecule has 112 valence electrons. The molecular weight excluding hydrogens is 264 g/mol. The number of nitrogens with one attached hydrogen (secondary N) is 2. The van der Waals surface area contributed by atoms with Crippen LogP contribution in [0.15, 0.2) is 35.4 Å². The Morgan fingerprint density at radius 3 is 2.90 bits per heavy atom. The zero-order valence-corrected chi connectivity index (χ0v) is 12.5. The van der Waals surface area contributed by atoms with Crippen molar-refractivity contribution in [3.05, 3.63) is 57.7 Å². The lowest BCUT2D eigenvalue weighted by Crippen LogP contribution is -2.31. The smallest absolute Gasteiger partial charge is 0.261 e. The number of rotatable bonds is 5. The number of aromatic amines is 1. The standard InChI is InChI=1S/C17H22N2O2/c1-3-5-8-12(4-2)19-17(21)14-11-18-15-10-7-6-9-13(15)16(14)20/h4,8,11H,2-3,5-7,9-10H2,1H3,(H,18,20)(H,19,21)/b12-8+. The summed E-state index contributed by atoms with van der Waals surface area (Å²) in [6.45, 7) is 5.75. The third-order valence-corrected chi connectivity index (χ3v) is 3.75. The molecule has 2 N–H and O–H groups in total. The maximum atomic E-state index is 12.4. The highest BCUT2D eigenvalue weighted by molar-refractivity contribution is 5.95. The van der Waals surface area contributed by atoms with Crippen molar-refractivity contribution in [1.29, 1.82) is 0 Å². The number of carbonyl (C=O) groups excluding carboxylic acids is 1. The van der Waals surface area contributed by atoms with Gasteiger partial charge in [-0.25, -0.2) is 0 Å². The molecular formula is C17H22N2O2. The fourth-order valence-electron chi connectivity index (χ4n) is 2.55. The second kappa shape index (κ2) is 7.07. The van der Waals surface area contributed by atoms with E-state index in [1.54, 1.807) is 6.08 Å². The van der Waals surface area contributed by atoms with Crippen LogP contribution in [0.3, 0.4) is 0 Å². The van der Waals surface area contributed by atoms with Gasteiger partial charge in [0.25, 0.3) is 5.91 Å². The van der Waals surface area contributed by atoms with Gasteiger partial charge >= 0.3 is 0 Å². The van der Waals surface area contributed by atoms with Crippen molar-refractivity contribution in [2.45, 2.75) is 45.4 Å². The number of allylic oxidation sites excluding steroid dienone is 2. The number of aryl methyl sites for hydroxylation is 1. The van der Waals surface area contributed by atoms with E-state index >= 15 is 0 Å². The minimum atomic E-state index is -0.369. The van der Waals surface area contributed by atoms with E-state index in [1.165, 1.54) is 6.20 Å². The average Bonchev–Trinajstić information content (AvgIpc) is 2.51. The van der Waals surface area contributed by atoms with Gasteiger partial charge < -0.3 is 10.3 Å². The van der Waals surface area contributed by atoms with Gasteiger partial charge in [-0.1, -0.05) is 26.0 Å². The first-order chi connectivity index (χ1) is 10.2. The number of hydrogen-bond donors (Lipinski definition) is 2. The van der Waals surface area contributed by atoms with Crippen LogP contribution < -0.4 is 10.7 Å². The van der Waals surface area contributed by atoms with Gasteiger partial charge in [-0.3, -0.25) is 9.59 Å². The van der Waals surface area contributed by atoms with Crippen LogP contribution in [0.25, 0.3) is 0 Å². The molecule has 1 aromatic heterocycles. The Morgan fingerprint density at radius 1 is 1.43 bits per heavy atom. The second-order valence-electron chi connectivity index (χ2n) is 5.30. The zero-order chi connectivity index (χ0) is 15.2. The Bertz CT molecular complexity index is 626. The molecule has 0 spiro atoms. The number of fused-ring (bicyclic) bond motifs is 1. The summed E-state index contributed by atoms with van der Waals surface area (Å²) < 4.78 is 0. The molecule has 1 aliphatic rings. The predicted molar refractivity (Wildman–Crippen MR) is 84.4 cm³/mol. The summed E-state index contributed by atoms with van der Waals surface area (Å²) in [6, 6.07) is 0. The summed E-state index contributed by atoms with van der Waals surface area (Å²) in [5.41, 5.74) is 2.44. The molecule has 1 amide bonds. The van der Waals surface area contributed by atoms with Gasteiger partial charge in [0.15, 0.2) is 5.43 Å². The highest BCUT2D eigenvalue weighted by Gasteiger charge is 2.19. The first-order valence-corrected chi connectivity index (χ1v) is 7.54. The van der Waals surface area contributed by atoms with E-state index in [1.807, 2.05) is 6.08 Å². The van der Waals surface area contributed by atoms with Gasteiger partial charge in [0.2, 0.25) is 0 Å². The van der Waals surface area contributed by atoms with Gasteiger partial charge in [0, 0.05) is 23.2 Å². The third kappa shape index (κ3) is 3.51. The minimum Gasteiger partial charge on any atom is -0.364 e. The molecule has 1 aromatic rings. The normalized spacial score (nSPS) is 14.4. The second-order valence-corrected chi connectivity index (χ2v) is 5.30. The molecule has 0 saturated carbocycles. The quantitative estimate of drug-likeness (QED) is 0.818. The predicted octanol–water partition coefficient (Wildman–Crippen LogP) is 2.85. The Kier molecular flexibility index (Phi) is 5.14. The summed E-state index contributed by atoms with van der Waals surface area (Å²) in [5, 5.41) is 2.75. The van der Waals surface area contributed by atoms with Crippen molar-refractivity contribution in [2.75, 3.05) is 0 Å². The number of amides is 1. The molecule has 4 heteroatoms. The topological polar surface area (TPSA) is 62.0 Å². The van der Waals surface area contributed by atoms with Crippen molar-refractivity contribution in [1.82, 2.24) is 10.3 Å². The fourth-order valence-corrected chi connectivity index (χ4v) is 2.55. The number of unbranched alkanes of at least 4 members (excludes halogenated alkanes) is 1. The highest BCUT2D eigenvalue weighted by atomic mass is 16.2. The van der Waals surface area contributed by atoms with Gasteiger partial charge in [0.05, 0.1) is 0 Å². The van der Waals surface area contributed by atoms with Crippen molar-refractivity contribution >= 4 is 5.91 Å². The lowest BCUT2D eigenvalue weighted by molar-refractivity contribution is 0.0965. The van der Waals surface area contributed by atoms with E-state index in [4.69, 9.17) is 0 Å². The molecule has 0 unspecified atom stereocenters. The molecule has 1 aliphatic carbocycles. The Balaban J connectivity index is 2.24. The van der Waals surface area contributed by atoms with Crippen LogP contribution in [0.4, 0.5) is 0 Å². The molecule has 0 aliphatic heterocycles. The van der Waals surface area contributed by atoms with E-state index in [2.05, 4.69) is 23.8 Å². The van der Waals surface area contributed by atoms with Crippen LogP contribution in [0, 0.1) is 0 Å². The molecule has 0 aromatic carbocycles. The average molecular weight is 286 g/mol.